The summed E-state index contributed by atoms with van der Waals surface area (Å²) in [6.45, 7) is 1.03. The van der Waals surface area contributed by atoms with Gasteiger partial charge in [0.2, 0.25) is 15.9 Å². The van der Waals surface area contributed by atoms with E-state index >= 15 is 0 Å². The lowest BCUT2D eigenvalue weighted by molar-refractivity contribution is -0.129. The zero-order valence-electron chi connectivity index (χ0n) is 15.1. The molecule has 28 heavy (non-hydrogen) atoms. The van der Waals surface area contributed by atoms with Crippen LogP contribution in [0.3, 0.4) is 0 Å². The number of amides is 2. The monoisotopic (exact) mass is 400 g/mol. The van der Waals surface area contributed by atoms with E-state index in [2.05, 4.69) is 10.9 Å². The SMILES string of the molecule is O=C1CC=C(C(=O)N2CCN(S(=O)(=O)c3ccc4ccccc4c3)CC2)NN1. The molecule has 0 aromatic heterocycles. The molecule has 2 aromatic carbocycles. The highest BCUT2D eigenvalue weighted by molar-refractivity contribution is 7.89. The number of piperazine rings is 1. The van der Waals surface area contributed by atoms with Crippen LogP contribution in [0.4, 0.5) is 0 Å². The average molecular weight is 400 g/mol. The van der Waals surface area contributed by atoms with Crippen molar-refractivity contribution in [3.63, 3.8) is 0 Å². The molecule has 0 unspecified atom stereocenters. The molecule has 0 aliphatic carbocycles. The summed E-state index contributed by atoms with van der Waals surface area (Å²) in [5, 5.41) is 1.85. The number of nitrogens with zero attached hydrogens (tertiary/aromatic N) is 2. The molecular formula is C19H20N4O4S. The standard InChI is InChI=1S/C19H20N4O4S/c24-18-8-7-17(20-21-18)19(25)22-9-11-23(12-10-22)28(26,27)16-6-5-14-3-1-2-4-15(14)13-16/h1-7,13,20H,8-12H2,(H,21,24). The lowest BCUT2D eigenvalue weighted by Gasteiger charge is -2.34. The van der Waals surface area contributed by atoms with Crippen molar-refractivity contribution in [3.05, 3.63) is 54.2 Å². The van der Waals surface area contributed by atoms with Crippen molar-refractivity contribution >= 4 is 32.6 Å². The Bertz CT molecular complexity index is 1070. The minimum absolute atomic E-state index is 0.143. The number of hydrogen-bond acceptors (Lipinski definition) is 5. The van der Waals surface area contributed by atoms with Gasteiger partial charge >= 0.3 is 0 Å². The minimum atomic E-state index is -3.63. The van der Waals surface area contributed by atoms with E-state index in [1.807, 2.05) is 24.3 Å². The molecule has 2 aromatic rings. The maximum atomic E-state index is 13.0. The van der Waals surface area contributed by atoms with Crippen LogP contribution in [-0.2, 0) is 19.6 Å². The van der Waals surface area contributed by atoms with Crippen molar-refractivity contribution in [1.29, 1.82) is 0 Å². The second kappa shape index (κ2) is 7.25. The summed E-state index contributed by atoms with van der Waals surface area (Å²) < 4.78 is 27.4. The molecule has 0 bridgehead atoms. The molecule has 2 amide bonds. The number of hydrazine groups is 1. The Morgan fingerprint density at radius 3 is 2.32 bits per heavy atom. The Hall–Kier alpha value is -2.91. The zero-order valence-corrected chi connectivity index (χ0v) is 15.9. The van der Waals surface area contributed by atoms with Gasteiger partial charge in [-0.2, -0.15) is 4.31 Å². The van der Waals surface area contributed by atoms with E-state index in [1.54, 1.807) is 29.2 Å². The molecule has 1 saturated heterocycles. The molecule has 0 radical (unpaired) electrons. The van der Waals surface area contributed by atoms with Crippen LogP contribution in [0.25, 0.3) is 10.8 Å². The van der Waals surface area contributed by atoms with E-state index in [4.69, 9.17) is 0 Å². The van der Waals surface area contributed by atoms with Crippen LogP contribution in [0.5, 0.6) is 0 Å². The van der Waals surface area contributed by atoms with Gasteiger partial charge in [0.25, 0.3) is 5.91 Å². The van der Waals surface area contributed by atoms with Gasteiger partial charge in [0.15, 0.2) is 0 Å². The summed E-state index contributed by atoms with van der Waals surface area (Å²) in [6.07, 6.45) is 1.68. The highest BCUT2D eigenvalue weighted by atomic mass is 32.2. The maximum Gasteiger partial charge on any atom is 0.271 e. The Kier molecular flexibility index (Phi) is 4.78. The Labute approximate surface area is 162 Å². The first-order valence-electron chi connectivity index (χ1n) is 8.98. The molecule has 9 heteroatoms. The molecule has 8 nitrogen and oxygen atoms in total. The minimum Gasteiger partial charge on any atom is -0.335 e. The van der Waals surface area contributed by atoms with Crippen molar-refractivity contribution in [3.8, 4) is 0 Å². The van der Waals surface area contributed by atoms with Crippen LogP contribution in [0.1, 0.15) is 6.42 Å². The summed E-state index contributed by atoms with van der Waals surface area (Å²) in [5.74, 6) is -0.453. The number of rotatable bonds is 3. The second-order valence-corrected chi connectivity index (χ2v) is 8.64. The number of nitrogens with one attached hydrogen (secondary N) is 2. The van der Waals surface area contributed by atoms with E-state index in [-0.39, 0.29) is 36.2 Å². The van der Waals surface area contributed by atoms with E-state index in [9.17, 15) is 18.0 Å². The van der Waals surface area contributed by atoms with Crippen LogP contribution in [0.15, 0.2) is 59.1 Å². The fraction of sp³-hybridized carbons (Fsp3) is 0.263. The summed E-state index contributed by atoms with van der Waals surface area (Å²) in [7, 11) is -3.63. The van der Waals surface area contributed by atoms with Crippen molar-refractivity contribution in [2.45, 2.75) is 11.3 Å². The topological polar surface area (TPSA) is 98.8 Å². The molecule has 0 atom stereocenters. The molecule has 0 spiro atoms. The van der Waals surface area contributed by atoms with Gasteiger partial charge < -0.3 is 4.90 Å². The maximum absolute atomic E-state index is 13.0. The predicted molar refractivity (Wildman–Crippen MR) is 103 cm³/mol. The van der Waals surface area contributed by atoms with Gasteiger partial charge in [-0.15, -0.1) is 0 Å². The van der Waals surface area contributed by atoms with E-state index < -0.39 is 10.0 Å². The van der Waals surface area contributed by atoms with Crippen LogP contribution >= 0.6 is 0 Å². The number of fused-ring (bicyclic) bond motifs is 1. The van der Waals surface area contributed by atoms with Crippen LogP contribution in [-0.4, -0.2) is 55.6 Å². The highest BCUT2D eigenvalue weighted by Crippen LogP contribution is 2.23. The number of hydrogen-bond donors (Lipinski definition) is 2. The van der Waals surface area contributed by atoms with Crippen molar-refractivity contribution in [1.82, 2.24) is 20.1 Å². The zero-order chi connectivity index (χ0) is 19.7. The number of sulfonamides is 1. The molecule has 1 fully saturated rings. The molecule has 2 heterocycles. The van der Waals surface area contributed by atoms with Gasteiger partial charge in [-0.25, -0.2) is 8.42 Å². The smallest absolute Gasteiger partial charge is 0.271 e. The quantitative estimate of drug-likeness (QED) is 0.785. The first-order valence-corrected chi connectivity index (χ1v) is 10.4. The second-order valence-electron chi connectivity index (χ2n) is 6.70. The van der Waals surface area contributed by atoms with E-state index in [0.717, 1.165) is 10.8 Å². The Morgan fingerprint density at radius 1 is 0.929 bits per heavy atom. The van der Waals surface area contributed by atoms with Gasteiger partial charge in [-0.3, -0.25) is 20.4 Å². The lowest BCUT2D eigenvalue weighted by atomic mass is 10.1. The van der Waals surface area contributed by atoms with Crippen molar-refractivity contribution in [2.75, 3.05) is 26.2 Å². The number of carbonyl (C=O) groups is 2. The fourth-order valence-electron chi connectivity index (χ4n) is 3.35. The van der Waals surface area contributed by atoms with Gasteiger partial charge in [0.05, 0.1) is 4.90 Å². The molecule has 2 aliphatic rings. The number of carbonyl (C=O) groups excluding carboxylic acids is 2. The molecule has 0 saturated carbocycles. The molecule has 2 aliphatic heterocycles. The molecule has 146 valence electrons. The summed E-state index contributed by atoms with van der Waals surface area (Å²) in [5.41, 5.74) is 5.31. The third-order valence-corrected chi connectivity index (χ3v) is 6.84. The predicted octanol–water partition coefficient (Wildman–Crippen LogP) is 0.581. The summed E-state index contributed by atoms with van der Waals surface area (Å²) >= 11 is 0. The summed E-state index contributed by atoms with van der Waals surface area (Å²) in [4.78, 5) is 25.5. The number of benzene rings is 2. The van der Waals surface area contributed by atoms with Gasteiger partial charge in [-0.05, 0) is 29.0 Å². The van der Waals surface area contributed by atoms with Crippen LogP contribution in [0, 0.1) is 0 Å². The Balaban J connectivity index is 1.46. The fourth-order valence-corrected chi connectivity index (χ4v) is 4.81. The third kappa shape index (κ3) is 3.46. The lowest BCUT2D eigenvalue weighted by Crippen LogP contribution is -2.53. The van der Waals surface area contributed by atoms with Gasteiger partial charge in [0.1, 0.15) is 5.70 Å². The average Bonchev–Trinajstić information content (AvgIpc) is 2.73. The molecule has 4 rings (SSSR count). The molecular weight excluding hydrogens is 380 g/mol. The summed E-state index contributed by atoms with van der Waals surface area (Å²) in [6, 6.07) is 12.7. The highest BCUT2D eigenvalue weighted by Gasteiger charge is 2.31. The van der Waals surface area contributed by atoms with Gasteiger partial charge in [-0.1, -0.05) is 30.3 Å². The van der Waals surface area contributed by atoms with Gasteiger partial charge in [0, 0.05) is 32.6 Å². The normalized spacial score (nSPS) is 18.4. The largest absolute Gasteiger partial charge is 0.335 e. The third-order valence-electron chi connectivity index (χ3n) is 4.94. The van der Waals surface area contributed by atoms with Crippen molar-refractivity contribution in [2.24, 2.45) is 0 Å². The van der Waals surface area contributed by atoms with Crippen LogP contribution in [0.2, 0.25) is 0 Å². The van der Waals surface area contributed by atoms with Crippen molar-refractivity contribution < 1.29 is 18.0 Å². The first kappa shape index (κ1) is 18.5. The Morgan fingerprint density at radius 2 is 1.64 bits per heavy atom. The van der Waals surface area contributed by atoms with E-state index in [1.165, 1.54) is 4.31 Å². The first-order chi connectivity index (χ1) is 13.4. The van der Waals surface area contributed by atoms with Crippen LogP contribution < -0.4 is 10.9 Å². The molecule has 2 N–H and O–H groups in total. The van der Waals surface area contributed by atoms with E-state index in [0.29, 0.717) is 18.8 Å².